The van der Waals surface area contributed by atoms with E-state index in [9.17, 15) is 0 Å². The number of anilines is 1. The van der Waals surface area contributed by atoms with E-state index in [2.05, 4.69) is 11.9 Å². The SMILES string of the molecule is CN(CC1(CN)COC1)c1ccc2c(c1)OCO2. The maximum Gasteiger partial charge on any atom is 0.231 e. The Labute approximate surface area is 106 Å². The molecule has 3 rings (SSSR count). The van der Waals surface area contributed by atoms with E-state index in [1.165, 1.54) is 0 Å². The largest absolute Gasteiger partial charge is 0.454 e. The van der Waals surface area contributed by atoms with Crippen molar-refractivity contribution in [1.82, 2.24) is 0 Å². The molecular weight excluding hydrogens is 232 g/mol. The molecule has 0 saturated carbocycles. The van der Waals surface area contributed by atoms with Gasteiger partial charge in [-0.3, -0.25) is 0 Å². The number of rotatable bonds is 4. The molecule has 0 aliphatic carbocycles. The maximum atomic E-state index is 5.83. The Morgan fingerprint density at radius 2 is 2.06 bits per heavy atom. The molecule has 0 spiro atoms. The number of hydrogen-bond donors (Lipinski definition) is 1. The highest BCUT2D eigenvalue weighted by Crippen LogP contribution is 2.36. The Morgan fingerprint density at radius 1 is 1.28 bits per heavy atom. The molecule has 2 aliphatic rings. The Morgan fingerprint density at radius 3 is 2.72 bits per heavy atom. The van der Waals surface area contributed by atoms with E-state index in [1.807, 2.05) is 18.2 Å². The summed E-state index contributed by atoms with van der Waals surface area (Å²) in [5.74, 6) is 1.62. The zero-order chi connectivity index (χ0) is 12.6. The topological polar surface area (TPSA) is 57.0 Å². The molecule has 2 N–H and O–H groups in total. The van der Waals surface area contributed by atoms with E-state index in [0.29, 0.717) is 13.3 Å². The summed E-state index contributed by atoms with van der Waals surface area (Å²) in [6.07, 6.45) is 0. The first-order valence-electron chi connectivity index (χ1n) is 6.11. The number of hydrogen-bond acceptors (Lipinski definition) is 5. The summed E-state index contributed by atoms with van der Waals surface area (Å²) in [5.41, 5.74) is 7.05. The highest BCUT2D eigenvalue weighted by atomic mass is 16.7. The van der Waals surface area contributed by atoms with Gasteiger partial charge in [-0.1, -0.05) is 0 Å². The third-order valence-electron chi connectivity index (χ3n) is 3.62. The van der Waals surface area contributed by atoms with Crippen LogP contribution in [0.15, 0.2) is 18.2 Å². The van der Waals surface area contributed by atoms with E-state index >= 15 is 0 Å². The lowest BCUT2D eigenvalue weighted by molar-refractivity contribution is -0.101. The van der Waals surface area contributed by atoms with Crippen molar-refractivity contribution in [2.45, 2.75) is 0 Å². The van der Waals surface area contributed by atoms with Crippen molar-refractivity contribution in [3.05, 3.63) is 18.2 Å². The van der Waals surface area contributed by atoms with Crippen molar-refractivity contribution in [1.29, 1.82) is 0 Å². The molecule has 0 unspecified atom stereocenters. The number of ether oxygens (including phenoxy) is 3. The van der Waals surface area contributed by atoms with E-state index in [4.69, 9.17) is 19.9 Å². The van der Waals surface area contributed by atoms with Gasteiger partial charge in [0.05, 0.1) is 13.2 Å². The second kappa shape index (κ2) is 4.33. The lowest BCUT2D eigenvalue weighted by Gasteiger charge is -2.43. The van der Waals surface area contributed by atoms with Crippen molar-refractivity contribution in [3.8, 4) is 11.5 Å². The van der Waals surface area contributed by atoms with Crippen LogP contribution in [0.1, 0.15) is 0 Å². The predicted molar refractivity (Wildman–Crippen MR) is 68.1 cm³/mol. The Kier molecular flexibility index (Phi) is 2.80. The lowest BCUT2D eigenvalue weighted by Crippen LogP contribution is -2.54. The van der Waals surface area contributed by atoms with Gasteiger partial charge in [-0.15, -0.1) is 0 Å². The lowest BCUT2D eigenvalue weighted by atomic mass is 9.85. The van der Waals surface area contributed by atoms with Crippen molar-refractivity contribution in [2.24, 2.45) is 11.1 Å². The van der Waals surface area contributed by atoms with Crippen molar-refractivity contribution in [3.63, 3.8) is 0 Å². The predicted octanol–water partition coefficient (Wildman–Crippen LogP) is 0.827. The minimum Gasteiger partial charge on any atom is -0.454 e. The average Bonchev–Trinajstić information content (AvgIpc) is 2.80. The first kappa shape index (κ1) is 11.6. The highest BCUT2D eigenvalue weighted by molar-refractivity contribution is 5.57. The van der Waals surface area contributed by atoms with Gasteiger partial charge in [0.1, 0.15) is 0 Å². The summed E-state index contributed by atoms with van der Waals surface area (Å²) in [6, 6.07) is 5.99. The number of nitrogens with zero attached hydrogens (tertiary/aromatic N) is 1. The maximum absolute atomic E-state index is 5.83. The number of nitrogens with two attached hydrogens (primary N) is 1. The van der Waals surface area contributed by atoms with Crippen LogP contribution in [0, 0.1) is 5.41 Å². The van der Waals surface area contributed by atoms with Crippen LogP contribution in [0.5, 0.6) is 11.5 Å². The molecule has 5 heteroatoms. The second-order valence-corrected chi connectivity index (χ2v) is 5.09. The van der Waals surface area contributed by atoms with E-state index in [1.54, 1.807) is 0 Å². The normalized spacial score (nSPS) is 19.4. The van der Waals surface area contributed by atoms with Crippen molar-refractivity contribution >= 4 is 5.69 Å². The molecule has 98 valence electrons. The van der Waals surface area contributed by atoms with Crippen LogP contribution < -0.4 is 20.1 Å². The summed E-state index contributed by atoms with van der Waals surface area (Å²) >= 11 is 0. The van der Waals surface area contributed by atoms with Crippen LogP contribution in [-0.4, -0.2) is 40.1 Å². The van der Waals surface area contributed by atoms with Crippen LogP contribution in [0.2, 0.25) is 0 Å². The van der Waals surface area contributed by atoms with E-state index < -0.39 is 0 Å². The molecule has 0 atom stereocenters. The van der Waals surface area contributed by atoms with Crippen LogP contribution in [0.3, 0.4) is 0 Å². The summed E-state index contributed by atoms with van der Waals surface area (Å²) < 4.78 is 16.0. The molecule has 2 aliphatic heterocycles. The molecule has 0 bridgehead atoms. The number of fused-ring (bicyclic) bond motifs is 1. The standard InChI is InChI=1S/C13H18N2O3/c1-15(6-13(5-14)7-16-8-13)10-2-3-11-12(4-10)18-9-17-11/h2-4H,5-9,14H2,1H3. The number of benzene rings is 1. The fourth-order valence-electron chi connectivity index (χ4n) is 2.38. The summed E-state index contributed by atoms with van der Waals surface area (Å²) in [7, 11) is 2.06. The molecule has 1 aromatic carbocycles. The summed E-state index contributed by atoms with van der Waals surface area (Å²) in [5, 5.41) is 0. The van der Waals surface area contributed by atoms with Crippen molar-refractivity contribution in [2.75, 3.05) is 45.0 Å². The van der Waals surface area contributed by atoms with Crippen LogP contribution in [0.4, 0.5) is 5.69 Å². The molecule has 0 amide bonds. The van der Waals surface area contributed by atoms with Gasteiger partial charge >= 0.3 is 0 Å². The average molecular weight is 250 g/mol. The Bertz CT molecular complexity index is 440. The van der Waals surface area contributed by atoms with Gasteiger partial charge in [0.25, 0.3) is 0 Å². The Balaban J connectivity index is 1.74. The molecule has 1 fully saturated rings. The first-order chi connectivity index (χ1) is 8.72. The minimum atomic E-state index is 0.102. The highest BCUT2D eigenvalue weighted by Gasteiger charge is 2.38. The van der Waals surface area contributed by atoms with Crippen molar-refractivity contribution < 1.29 is 14.2 Å². The third-order valence-corrected chi connectivity index (χ3v) is 3.62. The summed E-state index contributed by atoms with van der Waals surface area (Å²) in [4.78, 5) is 2.19. The van der Waals surface area contributed by atoms with Crippen LogP contribution >= 0.6 is 0 Å². The molecule has 2 heterocycles. The molecule has 18 heavy (non-hydrogen) atoms. The van der Waals surface area contributed by atoms with Gasteiger partial charge < -0.3 is 24.8 Å². The van der Waals surface area contributed by atoms with Gasteiger partial charge in [0.15, 0.2) is 11.5 Å². The van der Waals surface area contributed by atoms with Crippen LogP contribution in [0.25, 0.3) is 0 Å². The molecule has 1 aromatic rings. The Hall–Kier alpha value is -1.46. The zero-order valence-corrected chi connectivity index (χ0v) is 10.5. The third kappa shape index (κ3) is 1.89. The monoisotopic (exact) mass is 250 g/mol. The molecule has 5 nitrogen and oxygen atoms in total. The van der Waals surface area contributed by atoms with Gasteiger partial charge in [-0.2, -0.15) is 0 Å². The fourth-order valence-corrected chi connectivity index (χ4v) is 2.38. The molecule has 1 saturated heterocycles. The van der Waals surface area contributed by atoms with E-state index in [-0.39, 0.29) is 5.41 Å². The first-order valence-corrected chi connectivity index (χ1v) is 6.11. The minimum absolute atomic E-state index is 0.102. The molecule has 0 radical (unpaired) electrons. The summed E-state index contributed by atoms with van der Waals surface area (Å²) in [6.45, 7) is 3.35. The van der Waals surface area contributed by atoms with Gasteiger partial charge in [0.2, 0.25) is 6.79 Å². The molecule has 0 aromatic heterocycles. The second-order valence-electron chi connectivity index (χ2n) is 5.09. The zero-order valence-electron chi connectivity index (χ0n) is 10.5. The van der Waals surface area contributed by atoms with Crippen LogP contribution in [-0.2, 0) is 4.74 Å². The quantitative estimate of drug-likeness (QED) is 0.857. The molecular formula is C13H18N2O3. The van der Waals surface area contributed by atoms with Gasteiger partial charge in [0, 0.05) is 37.3 Å². The fraction of sp³-hybridized carbons (Fsp3) is 0.538. The van der Waals surface area contributed by atoms with E-state index in [0.717, 1.165) is 36.9 Å². The smallest absolute Gasteiger partial charge is 0.231 e. The van der Waals surface area contributed by atoms with Gasteiger partial charge in [-0.25, -0.2) is 0 Å². The van der Waals surface area contributed by atoms with Gasteiger partial charge in [-0.05, 0) is 12.1 Å².